The third kappa shape index (κ3) is 3.53. The molecule has 1 saturated carbocycles. The Morgan fingerprint density at radius 3 is 2.73 bits per heavy atom. The molecule has 4 rings (SSSR count). The largest absolute Gasteiger partial charge is 0.456 e. The lowest BCUT2D eigenvalue weighted by atomic mass is 9.90. The number of esters is 1. The monoisotopic (exact) mass is 369 g/mol. The minimum absolute atomic E-state index is 0.0316. The normalized spacial score (nSPS) is 15.2. The zero-order valence-corrected chi connectivity index (χ0v) is 15.1. The minimum Gasteiger partial charge on any atom is -0.456 e. The van der Waals surface area contributed by atoms with E-state index in [0.29, 0.717) is 22.1 Å². The van der Waals surface area contributed by atoms with Gasteiger partial charge in [0.1, 0.15) is 11.6 Å². The van der Waals surface area contributed by atoms with Crippen LogP contribution < -0.4 is 5.56 Å². The quantitative estimate of drug-likeness (QED) is 0.658. The first-order valence-corrected chi connectivity index (χ1v) is 9.64. The second-order valence-electron chi connectivity index (χ2n) is 6.50. The van der Waals surface area contributed by atoms with Crippen molar-refractivity contribution in [3.63, 3.8) is 0 Å². The summed E-state index contributed by atoms with van der Waals surface area (Å²) in [5, 5.41) is 5.45. The van der Waals surface area contributed by atoms with Gasteiger partial charge in [0.05, 0.1) is 11.3 Å². The highest BCUT2D eigenvalue weighted by molar-refractivity contribution is 7.16. The van der Waals surface area contributed by atoms with Crippen LogP contribution in [-0.4, -0.2) is 20.6 Å². The Morgan fingerprint density at radius 1 is 1.19 bits per heavy atom. The second-order valence-corrected chi connectivity index (χ2v) is 7.49. The maximum absolute atomic E-state index is 12.3. The van der Waals surface area contributed by atoms with Crippen molar-refractivity contribution < 1.29 is 9.53 Å². The van der Waals surface area contributed by atoms with Gasteiger partial charge < -0.3 is 4.74 Å². The van der Waals surface area contributed by atoms with E-state index in [1.165, 1.54) is 41.2 Å². The van der Waals surface area contributed by atoms with E-state index in [4.69, 9.17) is 4.74 Å². The number of fused-ring (bicyclic) bond motifs is 1. The number of carbonyl (C=O) groups is 1. The molecule has 0 radical (unpaired) electrons. The molecule has 2 heterocycles. The lowest BCUT2D eigenvalue weighted by Gasteiger charge is -2.18. The molecule has 6 nitrogen and oxygen atoms in total. The van der Waals surface area contributed by atoms with E-state index in [9.17, 15) is 9.59 Å². The van der Waals surface area contributed by atoms with Gasteiger partial charge in [0.15, 0.2) is 0 Å². The summed E-state index contributed by atoms with van der Waals surface area (Å²) in [7, 11) is 0. The second kappa shape index (κ2) is 7.37. The van der Waals surface area contributed by atoms with E-state index in [0.717, 1.165) is 17.8 Å². The van der Waals surface area contributed by atoms with Crippen LogP contribution in [0.2, 0.25) is 0 Å². The Bertz CT molecular complexity index is 975. The molecule has 26 heavy (non-hydrogen) atoms. The number of aromatic nitrogens is 3. The van der Waals surface area contributed by atoms with Crippen LogP contribution in [-0.2, 0) is 11.3 Å². The lowest BCUT2D eigenvalue weighted by molar-refractivity contribution is 0.0468. The van der Waals surface area contributed by atoms with Gasteiger partial charge in [-0.25, -0.2) is 9.78 Å². The number of ether oxygens (including phenoxy) is 1. The first-order valence-electron chi connectivity index (χ1n) is 8.82. The topological polar surface area (TPSA) is 73.6 Å². The third-order valence-electron chi connectivity index (χ3n) is 4.63. The molecule has 2 aromatic heterocycles. The maximum atomic E-state index is 12.3. The fraction of sp³-hybridized carbons (Fsp3) is 0.368. The van der Waals surface area contributed by atoms with Gasteiger partial charge in [-0.05, 0) is 25.0 Å². The fourth-order valence-electron chi connectivity index (χ4n) is 3.26. The molecule has 0 atom stereocenters. The molecule has 0 unspecified atom stereocenters. The summed E-state index contributed by atoms with van der Waals surface area (Å²) in [6.45, 7) is -0.0316. The van der Waals surface area contributed by atoms with Crippen molar-refractivity contribution in [3.8, 4) is 0 Å². The highest BCUT2D eigenvalue weighted by Crippen LogP contribution is 2.34. The molecule has 0 bridgehead atoms. The third-order valence-corrected chi connectivity index (χ3v) is 5.70. The average Bonchev–Trinajstić information content (AvgIpc) is 3.12. The number of hydrogen-bond donors (Lipinski definition) is 0. The zero-order chi connectivity index (χ0) is 17.9. The number of carbonyl (C=O) groups excluding carboxylic acids is 1. The fourth-order valence-corrected chi connectivity index (χ4v) is 4.35. The highest BCUT2D eigenvalue weighted by Gasteiger charge is 2.20. The van der Waals surface area contributed by atoms with Crippen molar-refractivity contribution in [1.82, 2.24) is 14.6 Å². The summed E-state index contributed by atoms with van der Waals surface area (Å²) >= 11 is 1.46. The van der Waals surface area contributed by atoms with Crippen LogP contribution in [0.3, 0.4) is 0 Å². The SMILES string of the molecule is O=C(OCc1cc(=O)n2nc(C3CCCCC3)sc2n1)c1ccccc1. The van der Waals surface area contributed by atoms with Crippen molar-refractivity contribution in [1.29, 1.82) is 0 Å². The van der Waals surface area contributed by atoms with Crippen LogP contribution in [0.4, 0.5) is 0 Å². The van der Waals surface area contributed by atoms with Gasteiger partial charge in [-0.2, -0.15) is 9.61 Å². The predicted octanol–water partition coefficient (Wildman–Crippen LogP) is 3.56. The van der Waals surface area contributed by atoms with Crippen molar-refractivity contribution in [2.45, 2.75) is 44.6 Å². The van der Waals surface area contributed by atoms with Crippen molar-refractivity contribution >= 4 is 22.3 Å². The van der Waals surface area contributed by atoms with Crippen LogP contribution in [0.1, 0.15) is 59.1 Å². The Morgan fingerprint density at radius 2 is 1.96 bits per heavy atom. The molecule has 0 spiro atoms. The molecule has 7 heteroatoms. The number of benzene rings is 1. The Labute approximate surface area is 154 Å². The molecular formula is C19H19N3O3S. The van der Waals surface area contributed by atoms with Crippen LogP contribution in [0.15, 0.2) is 41.2 Å². The van der Waals surface area contributed by atoms with Gasteiger partial charge in [-0.1, -0.05) is 48.8 Å². The van der Waals surface area contributed by atoms with E-state index in [-0.39, 0.29) is 12.2 Å². The molecule has 0 amide bonds. The van der Waals surface area contributed by atoms with Gasteiger partial charge in [0.25, 0.3) is 5.56 Å². The van der Waals surface area contributed by atoms with Crippen LogP contribution in [0.5, 0.6) is 0 Å². The van der Waals surface area contributed by atoms with E-state index in [1.54, 1.807) is 24.3 Å². The highest BCUT2D eigenvalue weighted by atomic mass is 32.1. The van der Waals surface area contributed by atoms with E-state index >= 15 is 0 Å². The van der Waals surface area contributed by atoms with Crippen molar-refractivity contribution in [3.05, 3.63) is 63.0 Å². The molecule has 134 valence electrons. The number of hydrogen-bond acceptors (Lipinski definition) is 6. The zero-order valence-electron chi connectivity index (χ0n) is 14.3. The van der Waals surface area contributed by atoms with Gasteiger partial charge >= 0.3 is 5.97 Å². The predicted molar refractivity (Wildman–Crippen MR) is 98.5 cm³/mol. The van der Waals surface area contributed by atoms with Crippen molar-refractivity contribution in [2.24, 2.45) is 0 Å². The first-order chi connectivity index (χ1) is 12.7. The minimum atomic E-state index is -0.431. The maximum Gasteiger partial charge on any atom is 0.338 e. The van der Waals surface area contributed by atoms with E-state index < -0.39 is 5.97 Å². The molecule has 1 aromatic carbocycles. The van der Waals surface area contributed by atoms with Gasteiger partial charge in [0, 0.05) is 12.0 Å². The smallest absolute Gasteiger partial charge is 0.338 e. The summed E-state index contributed by atoms with van der Waals surface area (Å²) in [6.07, 6.45) is 5.94. The van der Waals surface area contributed by atoms with E-state index in [1.807, 2.05) is 6.07 Å². The summed E-state index contributed by atoms with van der Waals surface area (Å²) in [5.74, 6) is -0.00555. The average molecular weight is 369 g/mol. The van der Waals surface area contributed by atoms with Crippen LogP contribution in [0.25, 0.3) is 4.96 Å². The number of rotatable bonds is 4. The number of nitrogens with zero attached hydrogens (tertiary/aromatic N) is 3. The Balaban J connectivity index is 1.53. The summed E-state index contributed by atoms with van der Waals surface area (Å²) < 4.78 is 6.63. The van der Waals surface area contributed by atoms with Crippen LogP contribution >= 0.6 is 11.3 Å². The molecule has 1 aliphatic rings. The molecule has 0 saturated heterocycles. The molecule has 1 fully saturated rings. The summed E-state index contributed by atoms with van der Waals surface area (Å²) in [5.41, 5.74) is 0.680. The van der Waals surface area contributed by atoms with Gasteiger partial charge in [0.2, 0.25) is 4.96 Å². The Kier molecular flexibility index (Phi) is 4.79. The molecular weight excluding hydrogens is 350 g/mol. The first kappa shape index (κ1) is 16.9. The summed E-state index contributed by atoms with van der Waals surface area (Å²) in [6, 6.07) is 10.1. The standard InChI is InChI=1S/C19H19N3O3S/c23-16-11-15(12-25-18(24)14-9-5-2-6-10-14)20-19-22(16)21-17(26-19)13-7-3-1-4-8-13/h2,5-6,9-11,13H,1,3-4,7-8,12H2. The lowest BCUT2D eigenvalue weighted by Crippen LogP contribution is -2.17. The van der Waals surface area contributed by atoms with Gasteiger partial charge in [-0.15, -0.1) is 0 Å². The molecule has 0 N–H and O–H groups in total. The van der Waals surface area contributed by atoms with E-state index in [2.05, 4.69) is 10.1 Å². The van der Waals surface area contributed by atoms with Gasteiger partial charge in [-0.3, -0.25) is 4.79 Å². The van der Waals surface area contributed by atoms with Crippen LogP contribution in [0, 0.1) is 0 Å². The molecule has 0 aliphatic heterocycles. The van der Waals surface area contributed by atoms with Crippen molar-refractivity contribution in [2.75, 3.05) is 0 Å². The molecule has 1 aliphatic carbocycles. The Hall–Kier alpha value is -2.54. The summed E-state index contributed by atoms with van der Waals surface area (Å²) in [4.78, 5) is 29.4. The molecule has 3 aromatic rings.